The second-order valence-electron chi connectivity index (χ2n) is 4.84. The van der Waals surface area contributed by atoms with Crippen LogP contribution in [-0.2, 0) is 4.74 Å². The first-order chi connectivity index (χ1) is 11.4. The van der Waals surface area contributed by atoms with Gasteiger partial charge in [0, 0.05) is 23.4 Å². The highest BCUT2D eigenvalue weighted by Crippen LogP contribution is 2.31. The zero-order valence-electron chi connectivity index (χ0n) is 13.0. The number of aromatic nitrogens is 1. The number of benzene rings is 1. The van der Waals surface area contributed by atoms with Crippen molar-refractivity contribution >= 4 is 23.9 Å². The smallest absolute Gasteiger partial charge is 0.340 e. The highest BCUT2D eigenvalue weighted by atomic mass is 32.1. The van der Waals surface area contributed by atoms with Gasteiger partial charge in [-0.2, -0.15) is 5.26 Å². The van der Waals surface area contributed by atoms with Gasteiger partial charge in [-0.3, -0.25) is 10.1 Å². The molecule has 0 aliphatic rings. The molecule has 0 aliphatic heterocycles. The van der Waals surface area contributed by atoms with Gasteiger partial charge < -0.3 is 9.72 Å². The van der Waals surface area contributed by atoms with Crippen LogP contribution in [0, 0.1) is 33.0 Å². The maximum Gasteiger partial charge on any atom is 0.340 e. The Hall–Kier alpha value is -3.05. The van der Waals surface area contributed by atoms with Crippen molar-refractivity contribution in [1.29, 1.82) is 5.26 Å². The van der Waals surface area contributed by atoms with Crippen LogP contribution in [-0.4, -0.2) is 22.5 Å². The Labute approximate surface area is 142 Å². The molecule has 1 N–H and O–H groups in total. The van der Waals surface area contributed by atoms with Crippen molar-refractivity contribution in [2.75, 3.05) is 6.61 Å². The molecule has 2 aromatic rings. The van der Waals surface area contributed by atoms with Gasteiger partial charge in [-0.1, -0.05) is 12.2 Å². The van der Waals surface area contributed by atoms with Crippen LogP contribution < -0.4 is 0 Å². The van der Waals surface area contributed by atoms with Gasteiger partial charge in [-0.15, -0.1) is 0 Å². The zero-order valence-corrected chi connectivity index (χ0v) is 13.8. The van der Waals surface area contributed by atoms with E-state index in [1.54, 1.807) is 13.8 Å². The second kappa shape index (κ2) is 7.02. The normalized spacial score (nSPS) is 10.0. The van der Waals surface area contributed by atoms with Crippen molar-refractivity contribution in [1.82, 2.24) is 4.98 Å². The van der Waals surface area contributed by atoms with E-state index in [0.29, 0.717) is 16.8 Å². The minimum absolute atomic E-state index is 0.0900. The number of nitro benzene ring substituents is 1. The number of aryl methyl sites for hydroxylation is 1. The summed E-state index contributed by atoms with van der Waals surface area (Å²) in [4.78, 5) is 25.4. The molecule has 0 atom stereocenters. The Balaban J connectivity index is 2.79. The zero-order chi connectivity index (χ0) is 17.9. The SMILES string of the molecule is CCOC(=O)c1c(C)[nH]c(=S)c(C#N)c1-c1ccc([N+](=O)[O-])cc1. The number of rotatable bonds is 4. The summed E-state index contributed by atoms with van der Waals surface area (Å²) in [6.07, 6.45) is 0. The lowest BCUT2D eigenvalue weighted by Gasteiger charge is -2.14. The average molecular weight is 343 g/mol. The summed E-state index contributed by atoms with van der Waals surface area (Å²) in [5.74, 6) is -0.592. The number of nitrogens with zero attached hydrogens (tertiary/aromatic N) is 2. The number of nitriles is 1. The fourth-order valence-corrected chi connectivity index (χ4v) is 2.63. The quantitative estimate of drug-likeness (QED) is 0.392. The average Bonchev–Trinajstić information content (AvgIpc) is 2.54. The highest BCUT2D eigenvalue weighted by Gasteiger charge is 2.22. The van der Waals surface area contributed by atoms with Crippen LogP contribution in [0.4, 0.5) is 5.69 Å². The van der Waals surface area contributed by atoms with Crippen LogP contribution in [0.5, 0.6) is 0 Å². The molecule has 2 rings (SSSR count). The largest absolute Gasteiger partial charge is 0.462 e. The lowest BCUT2D eigenvalue weighted by Crippen LogP contribution is -2.12. The van der Waals surface area contributed by atoms with Gasteiger partial charge in [0.05, 0.1) is 22.7 Å². The molecule has 0 bridgehead atoms. The van der Waals surface area contributed by atoms with Crippen LogP contribution >= 0.6 is 12.2 Å². The van der Waals surface area contributed by atoms with Crippen LogP contribution in [0.3, 0.4) is 0 Å². The Morgan fingerprint density at radius 3 is 2.54 bits per heavy atom. The van der Waals surface area contributed by atoms with Crippen LogP contribution in [0.25, 0.3) is 11.1 Å². The minimum Gasteiger partial charge on any atom is -0.462 e. The summed E-state index contributed by atoms with van der Waals surface area (Å²) in [5.41, 5.74) is 1.47. The Kier molecular flexibility index (Phi) is 5.06. The number of nitro groups is 1. The molecular formula is C16H13N3O4S. The second-order valence-corrected chi connectivity index (χ2v) is 5.25. The molecule has 122 valence electrons. The molecular weight excluding hydrogens is 330 g/mol. The number of carbonyl (C=O) groups excluding carboxylic acids is 1. The molecule has 1 aromatic carbocycles. The number of esters is 1. The molecule has 24 heavy (non-hydrogen) atoms. The number of hydrogen-bond acceptors (Lipinski definition) is 6. The van der Waals surface area contributed by atoms with E-state index in [1.807, 2.05) is 6.07 Å². The standard InChI is InChI=1S/C16H13N3O4S/c1-3-23-16(20)13-9(2)18-15(24)12(8-17)14(13)10-4-6-11(7-5-10)19(21)22/h4-7H,3H2,1-2H3,(H,18,24). The molecule has 0 aliphatic carbocycles. The number of ether oxygens (including phenoxy) is 1. The topological polar surface area (TPSA) is 109 Å². The van der Waals surface area contributed by atoms with E-state index in [0.717, 1.165) is 0 Å². The number of non-ortho nitro benzene ring substituents is 1. The fraction of sp³-hybridized carbons (Fsp3) is 0.188. The van der Waals surface area contributed by atoms with E-state index in [-0.39, 0.29) is 28.1 Å². The highest BCUT2D eigenvalue weighted by molar-refractivity contribution is 7.71. The number of pyridine rings is 1. The number of aromatic amines is 1. The summed E-state index contributed by atoms with van der Waals surface area (Å²) in [6.45, 7) is 3.50. The van der Waals surface area contributed by atoms with E-state index in [2.05, 4.69) is 4.98 Å². The molecule has 0 spiro atoms. The van der Waals surface area contributed by atoms with Crippen LogP contribution in [0.1, 0.15) is 28.5 Å². The van der Waals surface area contributed by atoms with Gasteiger partial charge in [0.2, 0.25) is 0 Å². The molecule has 7 nitrogen and oxygen atoms in total. The first kappa shape index (κ1) is 17.3. The van der Waals surface area contributed by atoms with E-state index in [1.165, 1.54) is 24.3 Å². The molecule has 1 aromatic heterocycles. The maximum absolute atomic E-state index is 12.3. The van der Waals surface area contributed by atoms with E-state index >= 15 is 0 Å². The summed E-state index contributed by atoms with van der Waals surface area (Å²) in [7, 11) is 0. The van der Waals surface area contributed by atoms with Crippen molar-refractivity contribution in [2.24, 2.45) is 0 Å². The molecule has 1 heterocycles. The molecule has 0 amide bonds. The molecule has 0 saturated carbocycles. The molecule has 8 heteroatoms. The van der Waals surface area contributed by atoms with Gasteiger partial charge in [0.1, 0.15) is 10.7 Å². The van der Waals surface area contributed by atoms with Gasteiger partial charge in [0.15, 0.2) is 0 Å². The van der Waals surface area contributed by atoms with Gasteiger partial charge in [-0.25, -0.2) is 4.79 Å². The predicted octanol–water partition coefficient (Wildman–Crippen LogP) is 3.68. The third kappa shape index (κ3) is 3.16. The summed E-state index contributed by atoms with van der Waals surface area (Å²) >= 11 is 5.17. The van der Waals surface area contributed by atoms with Gasteiger partial charge in [0.25, 0.3) is 5.69 Å². The van der Waals surface area contributed by atoms with Crippen LogP contribution in [0.15, 0.2) is 24.3 Å². The van der Waals surface area contributed by atoms with Crippen molar-refractivity contribution in [3.05, 3.63) is 55.8 Å². The summed E-state index contributed by atoms with van der Waals surface area (Å²) < 4.78 is 5.25. The fourth-order valence-electron chi connectivity index (χ4n) is 2.32. The molecule has 0 unspecified atom stereocenters. The van der Waals surface area contributed by atoms with Crippen molar-refractivity contribution in [3.63, 3.8) is 0 Å². The van der Waals surface area contributed by atoms with Gasteiger partial charge in [-0.05, 0) is 31.5 Å². The summed E-state index contributed by atoms with van der Waals surface area (Å²) in [6, 6.07) is 7.55. The molecule has 0 fully saturated rings. The van der Waals surface area contributed by atoms with E-state index in [9.17, 15) is 20.2 Å². The van der Waals surface area contributed by atoms with Crippen molar-refractivity contribution < 1.29 is 14.5 Å². The van der Waals surface area contributed by atoms with Crippen LogP contribution in [0.2, 0.25) is 0 Å². The Morgan fingerprint density at radius 1 is 1.42 bits per heavy atom. The van der Waals surface area contributed by atoms with E-state index in [4.69, 9.17) is 17.0 Å². The predicted molar refractivity (Wildman–Crippen MR) is 89.1 cm³/mol. The van der Waals surface area contributed by atoms with E-state index < -0.39 is 10.9 Å². The Morgan fingerprint density at radius 2 is 2.04 bits per heavy atom. The van der Waals surface area contributed by atoms with Crippen molar-refractivity contribution in [3.8, 4) is 17.2 Å². The lowest BCUT2D eigenvalue weighted by atomic mass is 9.95. The monoisotopic (exact) mass is 343 g/mol. The number of nitrogens with one attached hydrogen (secondary N) is 1. The third-order valence-corrected chi connectivity index (χ3v) is 3.67. The minimum atomic E-state index is -0.592. The number of hydrogen-bond donors (Lipinski definition) is 1. The first-order valence-corrected chi connectivity index (χ1v) is 7.40. The molecule has 0 radical (unpaired) electrons. The third-order valence-electron chi connectivity index (χ3n) is 3.36. The number of H-pyrrole nitrogens is 1. The summed E-state index contributed by atoms with van der Waals surface area (Å²) in [5, 5.41) is 20.2. The van der Waals surface area contributed by atoms with Gasteiger partial charge >= 0.3 is 5.97 Å². The lowest BCUT2D eigenvalue weighted by molar-refractivity contribution is -0.384. The number of carbonyl (C=O) groups is 1. The first-order valence-electron chi connectivity index (χ1n) is 6.99. The molecule has 0 saturated heterocycles. The maximum atomic E-state index is 12.3. The Bertz CT molecular complexity index is 911. The van der Waals surface area contributed by atoms with Crippen molar-refractivity contribution in [2.45, 2.75) is 13.8 Å².